The maximum absolute atomic E-state index is 12.7. The van der Waals surface area contributed by atoms with E-state index in [0.717, 1.165) is 23.3 Å². The van der Waals surface area contributed by atoms with E-state index in [1.54, 1.807) is 0 Å². The molecule has 1 aromatic rings. The Morgan fingerprint density at radius 3 is 2.56 bits per heavy atom. The second-order valence-corrected chi connectivity index (χ2v) is 10.2. The summed E-state index contributed by atoms with van der Waals surface area (Å²) in [6.07, 6.45) is 1.29. The van der Waals surface area contributed by atoms with Crippen LogP contribution in [0.2, 0.25) is 5.02 Å². The Labute approximate surface area is 156 Å². The van der Waals surface area contributed by atoms with Gasteiger partial charge in [-0.2, -0.15) is 0 Å². The molecule has 0 radical (unpaired) electrons. The molecule has 0 bridgehead atoms. The van der Waals surface area contributed by atoms with E-state index in [4.69, 9.17) is 11.6 Å². The van der Waals surface area contributed by atoms with E-state index in [1.165, 1.54) is 4.90 Å². The van der Waals surface area contributed by atoms with E-state index in [9.17, 15) is 14.5 Å². The van der Waals surface area contributed by atoms with Gasteiger partial charge in [0.2, 0.25) is 0 Å². The molecule has 1 fully saturated rings. The van der Waals surface area contributed by atoms with Gasteiger partial charge in [0.25, 0.3) is 0 Å². The standard InChI is InChI=1S/C18H23ClN2O3S/c1-17(2,3)25(24)20-15-14-10-13(19)5-4-12(14)11-18(15)6-8-21(9-7-18)16(22)23/h4-5,10H,6-9,11H2,1-3H3,(H,22,23)/b20-15-/t25-/m1/s1. The number of benzene rings is 1. The van der Waals surface area contributed by atoms with Crippen molar-refractivity contribution in [3.63, 3.8) is 0 Å². The van der Waals surface area contributed by atoms with Gasteiger partial charge in [0.15, 0.2) is 0 Å². The van der Waals surface area contributed by atoms with E-state index in [-0.39, 0.29) is 5.41 Å². The molecule has 0 aromatic heterocycles. The van der Waals surface area contributed by atoms with E-state index in [0.29, 0.717) is 31.0 Å². The van der Waals surface area contributed by atoms with Crippen LogP contribution in [0.4, 0.5) is 4.79 Å². The molecule has 0 saturated carbocycles. The molecular formula is C18H23ClN2O3S. The lowest BCUT2D eigenvalue weighted by molar-refractivity contribution is 0.115. The maximum atomic E-state index is 12.7. The smallest absolute Gasteiger partial charge is 0.407 e. The van der Waals surface area contributed by atoms with Gasteiger partial charge in [-0.3, -0.25) is 0 Å². The van der Waals surface area contributed by atoms with Crippen LogP contribution in [0.3, 0.4) is 0 Å². The molecule has 1 N–H and O–H groups in total. The predicted octanol–water partition coefficient (Wildman–Crippen LogP) is 3.91. The average Bonchev–Trinajstić information content (AvgIpc) is 2.80. The Balaban J connectivity index is 2.01. The summed E-state index contributed by atoms with van der Waals surface area (Å²) in [6.45, 7) is 6.65. The van der Waals surface area contributed by atoms with Crippen molar-refractivity contribution in [3.05, 3.63) is 34.3 Å². The fourth-order valence-electron chi connectivity index (χ4n) is 3.56. The summed E-state index contributed by atoms with van der Waals surface area (Å²) in [6, 6.07) is 5.77. The first-order valence-corrected chi connectivity index (χ1v) is 9.89. The molecule has 5 nitrogen and oxygen atoms in total. The van der Waals surface area contributed by atoms with Crippen LogP contribution in [-0.4, -0.2) is 44.2 Å². The van der Waals surface area contributed by atoms with Crippen molar-refractivity contribution in [2.24, 2.45) is 9.81 Å². The van der Waals surface area contributed by atoms with Gasteiger partial charge < -0.3 is 14.6 Å². The first-order chi connectivity index (χ1) is 11.6. The summed E-state index contributed by atoms with van der Waals surface area (Å²) in [5.41, 5.74) is 2.70. The molecule has 1 heterocycles. The molecule has 1 saturated heterocycles. The van der Waals surface area contributed by atoms with Crippen molar-refractivity contribution >= 4 is 34.8 Å². The third-order valence-corrected chi connectivity index (χ3v) is 6.68. The van der Waals surface area contributed by atoms with E-state index in [1.807, 2.05) is 39.0 Å². The SMILES string of the molecule is CC(C)(C)[S@@+]([O-])/N=C1/c2cc(Cl)ccc2CC12CCN(C(=O)O)CC2. The third-order valence-electron chi connectivity index (χ3n) is 5.05. The highest BCUT2D eigenvalue weighted by Gasteiger charge is 2.48. The molecule has 2 aliphatic rings. The zero-order valence-electron chi connectivity index (χ0n) is 14.7. The zero-order valence-corrected chi connectivity index (χ0v) is 16.3. The Kier molecular flexibility index (Phi) is 4.81. The molecule has 3 rings (SSSR count). The highest BCUT2D eigenvalue weighted by molar-refractivity contribution is 7.91. The molecule has 1 aliphatic carbocycles. The predicted molar refractivity (Wildman–Crippen MR) is 101 cm³/mol. The summed E-state index contributed by atoms with van der Waals surface area (Å²) in [5, 5.41) is 9.86. The van der Waals surface area contributed by atoms with Crippen molar-refractivity contribution in [1.29, 1.82) is 0 Å². The third kappa shape index (κ3) is 3.52. The number of piperidine rings is 1. The van der Waals surface area contributed by atoms with Crippen LogP contribution < -0.4 is 0 Å². The first-order valence-electron chi connectivity index (χ1n) is 8.40. The molecule has 7 heteroatoms. The van der Waals surface area contributed by atoms with Crippen LogP contribution >= 0.6 is 11.6 Å². The van der Waals surface area contributed by atoms with Crippen LogP contribution in [0.1, 0.15) is 44.7 Å². The van der Waals surface area contributed by atoms with Gasteiger partial charge in [0, 0.05) is 29.1 Å². The van der Waals surface area contributed by atoms with Crippen molar-refractivity contribution in [1.82, 2.24) is 4.90 Å². The molecule has 1 atom stereocenters. The van der Waals surface area contributed by atoms with Crippen molar-refractivity contribution in [2.75, 3.05) is 13.1 Å². The summed E-state index contributed by atoms with van der Waals surface area (Å²) < 4.78 is 16.9. The van der Waals surface area contributed by atoms with Gasteiger partial charge in [-0.15, -0.1) is 0 Å². The summed E-state index contributed by atoms with van der Waals surface area (Å²) in [5.74, 6) is 0. The quantitative estimate of drug-likeness (QED) is 0.748. The van der Waals surface area contributed by atoms with Gasteiger partial charge in [-0.25, -0.2) is 4.79 Å². The summed E-state index contributed by atoms with van der Waals surface area (Å²) in [7, 11) is 0. The minimum atomic E-state index is -1.37. The number of halogens is 1. The number of rotatable bonds is 1. The summed E-state index contributed by atoms with van der Waals surface area (Å²) >= 11 is 4.82. The molecular weight excluding hydrogens is 360 g/mol. The summed E-state index contributed by atoms with van der Waals surface area (Å²) in [4.78, 5) is 12.7. The molecule has 1 aromatic carbocycles. The van der Waals surface area contributed by atoms with Gasteiger partial charge in [-0.1, -0.05) is 22.1 Å². The minimum absolute atomic E-state index is 0.250. The second-order valence-electron chi connectivity index (χ2n) is 7.83. The lowest BCUT2D eigenvalue weighted by Crippen LogP contribution is -2.45. The van der Waals surface area contributed by atoms with Gasteiger partial charge in [-0.05, 0) is 57.7 Å². The van der Waals surface area contributed by atoms with E-state index >= 15 is 0 Å². The van der Waals surface area contributed by atoms with Crippen LogP contribution in [0.25, 0.3) is 0 Å². The monoisotopic (exact) mass is 382 g/mol. The minimum Gasteiger partial charge on any atom is -0.591 e. The lowest BCUT2D eigenvalue weighted by Gasteiger charge is -2.38. The van der Waals surface area contributed by atoms with Crippen LogP contribution in [0.5, 0.6) is 0 Å². The fourth-order valence-corrected chi connectivity index (χ4v) is 4.47. The number of nitrogens with zero attached hydrogens (tertiary/aromatic N) is 2. The van der Waals surface area contributed by atoms with Crippen LogP contribution in [0.15, 0.2) is 22.6 Å². The van der Waals surface area contributed by atoms with Crippen LogP contribution in [0, 0.1) is 5.41 Å². The number of fused-ring (bicyclic) bond motifs is 1. The van der Waals surface area contributed by atoms with Gasteiger partial charge in [0.1, 0.15) is 21.8 Å². The molecule has 136 valence electrons. The van der Waals surface area contributed by atoms with E-state index in [2.05, 4.69) is 4.40 Å². The normalized spacial score (nSPS) is 22.3. The maximum Gasteiger partial charge on any atom is 0.407 e. The van der Waals surface area contributed by atoms with Crippen molar-refractivity contribution < 1.29 is 14.5 Å². The van der Waals surface area contributed by atoms with Gasteiger partial charge >= 0.3 is 6.09 Å². The van der Waals surface area contributed by atoms with E-state index < -0.39 is 22.2 Å². The van der Waals surface area contributed by atoms with Gasteiger partial charge in [0.05, 0.1) is 0 Å². The zero-order chi connectivity index (χ0) is 18.4. The Bertz CT molecular complexity index is 722. The Morgan fingerprint density at radius 2 is 2.00 bits per heavy atom. The molecule has 1 amide bonds. The fraction of sp³-hybridized carbons (Fsp3) is 0.556. The number of amides is 1. The highest BCUT2D eigenvalue weighted by atomic mass is 35.5. The lowest BCUT2D eigenvalue weighted by atomic mass is 9.74. The molecule has 0 unspecified atom stereocenters. The average molecular weight is 383 g/mol. The number of carbonyl (C=O) groups is 1. The first kappa shape index (κ1) is 18.5. The Hall–Kier alpha value is -1.24. The van der Waals surface area contributed by atoms with Crippen molar-refractivity contribution in [3.8, 4) is 0 Å². The topological polar surface area (TPSA) is 76.0 Å². The van der Waals surface area contributed by atoms with Crippen LogP contribution in [-0.2, 0) is 17.8 Å². The largest absolute Gasteiger partial charge is 0.591 e. The number of likely N-dealkylation sites (tertiary alicyclic amines) is 1. The highest BCUT2D eigenvalue weighted by Crippen LogP contribution is 2.46. The van der Waals surface area contributed by atoms with Crippen molar-refractivity contribution in [2.45, 2.75) is 44.8 Å². The molecule has 25 heavy (non-hydrogen) atoms. The number of carboxylic acid groups (broad SMARTS) is 1. The number of hydrogen-bond acceptors (Lipinski definition) is 3. The second kappa shape index (κ2) is 6.49. The number of hydrogen-bond donors (Lipinski definition) is 1. The molecule has 1 aliphatic heterocycles. The Morgan fingerprint density at radius 1 is 1.36 bits per heavy atom. The molecule has 1 spiro atoms.